The van der Waals surface area contributed by atoms with Crippen molar-refractivity contribution in [2.24, 2.45) is 5.84 Å². The Hall–Kier alpha value is -1.89. The third-order valence-electron chi connectivity index (χ3n) is 3.41. The van der Waals surface area contributed by atoms with E-state index in [4.69, 9.17) is 5.84 Å². The lowest BCUT2D eigenvalue weighted by Gasteiger charge is -2.25. The molecule has 7 heteroatoms. The summed E-state index contributed by atoms with van der Waals surface area (Å²) in [6.07, 6.45) is 3.22. The number of hydrazine groups is 1. The Morgan fingerprint density at radius 2 is 1.95 bits per heavy atom. The predicted molar refractivity (Wildman–Crippen MR) is 85.0 cm³/mol. The first-order valence-corrected chi connectivity index (χ1v) is 7.38. The van der Waals surface area contributed by atoms with Crippen molar-refractivity contribution >= 4 is 17.5 Å². The Kier molecular flexibility index (Phi) is 6.87. The lowest BCUT2D eigenvalue weighted by atomic mass is 10.1. The Morgan fingerprint density at radius 1 is 1.29 bits per heavy atom. The molecule has 1 amide bonds. The van der Waals surface area contributed by atoms with Gasteiger partial charge in [-0.1, -0.05) is 13.3 Å². The largest absolute Gasteiger partial charge is 0.350 e. The Morgan fingerprint density at radius 3 is 2.48 bits per heavy atom. The number of anilines is 2. The number of nitrogens with two attached hydrogens (primary N) is 1. The maximum absolute atomic E-state index is 12.2. The van der Waals surface area contributed by atoms with Gasteiger partial charge in [0.2, 0.25) is 5.91 Å². The van der Waals surface area contributed by atoms with Crippen LogP contribution in [0.1, 0.15) is 32.8 Å². The van der Waals surface area contributed by atoms with Gasteiger partial charge in [-0.3, -0.25) is 4.79 Å². The molecule has 1 rings (SSSR count). The number of rotatable bonds is 8. The molecule has 0 unspecified atom stereocenters. The average molecular weight is 294 g/mol. The molecule has 1 heterocycles. The van der Waals surface area contributed by atoms with Crippen LogP contribution < -0.4 is 16.2 Å². The van der Waals surface area contributed by atoms with Crippen LogP contribution in [0.25, 0.3) is 0 Å². The first-order valence-electron chi connectivity index (χ1n) is 7.38. The van der Waals surface area contributed by atoms with Crippen molar-refractivity contribution < 1.29 is 4.79 Å². The van der Waals surface area contributed by atoms with Crippen LogP contribution in [0.4, 0.5) is 11.6 Å². The molecule has 0 saturated carbocycles. The number of nitrogens with one attached hydrogen (secondary N) is 1. The maximum atomic E-state index is 12.2. The molecule has 1 aromatic rings. The van der Waals surface area contributed by atoms with Crippen LogP contribution in [0, 0.1) is 0 Å². The van der Waals surface area contributed by atoms with Crippen molar-refractivity contribution in [3.63, 3.8) is 0 Å². The van der Waals surface area contributed by atoms with Crippen LogP contribution in [0.5, 0.6) is 0 Å². The molecule has 0 aliphatic heterocycles. The molecule has 0 aliphatic rings. The fourth-order valence-electron chi connectivity index (χ4n) is 2.29. The molecule has 0 atom stereocenters. The van der Waals surface area contributed by atoms with Gasteiger partial charge >= 0.3 is 0 Å². The summed E-state index contributed by atoms with van der Waals surface area (Å²) in [7, 11) is 1.86. The van der Waals surface area contributed by atoms with E-state index in [1.54, 1.807) is 4.90 Å². The number of likely N-dealkylation sites (N-methyl/N-ethyl adjacent to an activating group) is 2. The third-order valence-corrected chi connectivity index (χ3v) is 3.41. The standard InChI is InChI=1S/C14H26N6O/c1-5-8-11-13(18-15)16-10-17-14(11)19(4)9-12(21)20(6-2)7-3/h10H,5-9,15H2,1-4H3,(H,16,17,18). The SMILES string of the molecule is CCCc1c(NN)ncnc1N(C)CC(=O)N(CC)CC. The number of carbonyl (C=O) groups is 1. The summed E-state index contributed by atoms with van der Waals surface area (Å²) in [5, 5.41) is 0. The van der Waals surface area contributed by atoms with Crippen molar-refractivity contribution in [1.82, 2.24) is 14.9 Å². The van der Waals surface area contributed by atoms with Gasteiger partial charge < -0.3 is 15.2 Å². The zero-order valence-corrected chi connectivity index (χ0v) is 13.4. The minimum Gasteiger partial charge on any atom is -0.350 e. The topological polar surface area (TPSA) is 87.4 Å². The van der Waals surface area contributed by atoms with E-state index in [1.807, 2.05) is 25.8 Å². The monoisotopic (exact) mass is 294 g/mol. The number of hydrogen-bond acceptors (Lipinski definition) is 6. The van der Waals surface area contributed by atoms with Crippen LogP contribution in [-0.2, 0) is 11.2 Å². The van der Waals surface area contributed by atoms with Crippen molar-refractivity contribution in [2.75, 3.05) is 37.0 Å². The van der Waals surface area contributed by atoms with Crippen LogP contribution in [-0.4, -0.2) is 47.5 Å². The van der Waals surface area contributed by atoms with Gasteiger partial charge in [0.15, 0.2) is 0 Å². The van der Waals surface area contributed by atoms with Crippen molar-refractivity contribution in [3.05, 3.63) is 11.9 Å². The number of nitrogen functional groups attached to an aromatic ring is 1. The average Bonchev–Trinajstić information content (AvgIpc) is 2.48. The first kappa shape index (κ1) is 17.2. The van der Waals surface area contributed by atoms with E-state index < -0.39 is 0 Å². The van der Waals surface area contributed by atoms with E-state index in [0.717, 1.165) is 24.2 Å². The second-order valence-corrected chi connectivity index (χ2v) is 4.84. The lowest BCUT2D eigenvalue weighted by Crippen LogP contribution is -2.39. The molecule has 0 fully saturated rings. The first-order chi connectivity index (χ1) is 10.1. The summed E-state index contributed by atoms with van der Waals surface area (Å²) in [5.74, 6) is 6.96. The lowest BCUT2D eigenvalue weighted by molar-refractivity contribution is -0.129. The normalized spacial score (nSPS) is 10.3. The number of aromatic nitrogens is 2. The number of carbonyl (C=O) groups excluding carboxylic acids is 1. The highest BCUT2D eigenvalue weighted by atomic mass is 16.2. The van der Waals surface area contributed by atoms with E-state index in [0.29, 0.717) is 25.5 Å². The Balaban J connectivity index is 2.96. The van der Waals surface area contributed by atoms with Gasteiger partial charge in [-0.15, -0.1) is 0 Å². The molecular formula is C14H26N6O. The van der Waals surface area contributed by atoms with Crippen molar-refractivity contribution in [2.45, 2.75) is 33.6 Å². The fourth-order valence-corrected chi connectivity index (χ4v) is 2.29. The Labute approximate surface area is 126 Å². The van der Waals surface area contributed by atoms with Gasteiger partial charge in [-0.25, -0.2) is 15.8 Å². The summed E-state index contributed by atoms with van der Waals surface area (Å²) in [4.78, 5) is 24.3. The molecule has 118 valence electrons. The predicted octanol–water partition coefficient (Wildman–Crippen LogP) is 1.02. The molecule has 0 saturated heterocycles. The van der Waals surface area contributed by atoms with Gasteiger partial charge in [-0.2, -0.15) is 0 Å². The van der Waals surface area contributed by atoms with E-state index in [9.17, 15) is 4.79 Å². The van der Waals surface area contributed by atoms with Crippen molar-refractivity contribution in [3.8, 4) is 0 Å². The molecule has 0 aliphatic carbocycles. The summed E-state index contributed by atoms with van der Waals surface area (Å²) < 4.78 is 0. The zero-order valence-electron chi connectivity index (χ0n) is 13.4. The fraction of sp³-hybridized carbons (Fsp3) is 0.643. The quantitative estimate of drug-likeness (QED) is 0.550. The number of amides is 1. The molecule has 0 bridgehead atoms. The minimum absolute atomic E-state index is 0.0887. The molecule has 1 aromatic heterocycles. The van der Waals surface area contributed by atoms with Crippen molar-refractivity contribution in [1.29, 1.82) is 0 Å². The molecule has 0 spiro atoms. The van der Waals surface area contributed by atoms with Crippen LogP contribution in [0.2, 0.25) is 0 Å². The second kappa shape index (κ2) is 8.41. The van der Waals surface area contributed by atoms with Crippen LogP contribution >= 0.6 is 0 Å². The number of hydrogen-bond donors (Lipinski definition) is 2. The van der Waals surface area contributed by atoms with Gasteiger partial charge in [0, 0.05) is 25.7 Å². The molecular weight excluding hydrogens is 268 g/mol. The van der Waals surface area contributed by atoms with Crippen LogP contribution in [0.15, 0.2) is 6.33 Å². The van der Waals surface area contributed by atoms with E-state index in [1.165, 1.54) is 6.33 Å². The van der Waals surface area contributed by atoms with Crippen LogP contribution in [0.3, 0.4) is 0 Å². The highest BCUT2D eigenvalue weighted by Gasteiger charge is 2.18. The van der Waals surface area contributed by atoms with E-state index in [-0.39, 0.29) is 5.91 Å². The summed E-state index contributed by atoms with van der Waals surface area (Å²) in [5.41, 5.74) is 3.54. The van der Waals surface area contributed by atoms with Gasteiger partial charge in [0.25, 0.3) is 0 Å². The third kappa shape index (κ3) is 4.29. The summed E-state index contributed by atoms with van der Waals surface area (Å²) in [6.45, 7) is 7.75. The highest BCUT2D eigenvalue weighted by Crippen LogP contribution is 2.23. The molecule has 0 radical (unpaired) electrons. The molecule has 3 N–H and O–H groups in total. The van der Waals surface area contributed by atoms with Gasteiger partial charge in [0.05, 0.1) is 6.54 Å². The molecule has 21 heavy (non-hydrogen) atoms. The Bertz CT molecular complexity index is 461. The smallest absolute Gasteiger partial charge is 0.242 e. The zero-order chi connectivity index (χ0) is 15.8. The van der Waals surface area contributed by atoms with E-state index >= 15 is 0 Å². The summed E-state index contributed by atoms with van der Waals surface area (Å²) >= 11 is 0. The second-order valence-electron chi connectivity index (χ2n) is 4.84. The maximum Gasteiger partial charge on any atom is 0.242 e. The van der Waals surface area contributed by atoms with Gasteiger partial charge in [-0.05, 0) is 20.3 Å². The summed E-state index contributed by atoms with van der Waals surface area (Å²) in [6, 6.07) is 0. The van der Waals surface area contributed by atoms with E-state index in [2.05, 4.69) is 22.3 Å². The highest BCUT2D eigenvalue weighted by molar-refractivity contribution is 5.81. The molecule has 7 nitrogen and oxygen atoms in total. The minimum atomic E-state index is 0.0887. The van der Waals surface area contributed by atoms with Gasteiger partial charge in [0.1, 0.15) is 18.0 Å². The molecule has 0 aromatic carbocycles. The number of nitrogens with zero attached hydrogens (tertiary/aromatic N) is 4.